The van der Waals surface area contributed by atoms with E-state index in [9.17, 15) is 15.3 Å². The molecule has 0 radical (unpaired) electrons. The predicted molar refractivity (Wildman–Crippen MR) is 209 cm³/mol. The molecule has 0 amide bonds. The van der Waals surface area contributed by atoms with Gasteiger partial charge in [0.1, 0.15) is 30.4 Å². The molecule has 0 aromatic heterocycles. The molecule has 3 fully saturated rings. The van der Waals surface area contributed by atoms with Gasteiger partial charge in [-0.15, -0.1) is 16.6 Å². The molecular formula is C43H67N4O5+. The molecule has 9 nitrogen and oxygen atoms in total. The largest absolute Gasteiger partial charge is 0.504 e. The Morgan fingerprint density at radius 2 is 1.96 bits per heavy atom. The SMILES string of the molecule is CCCCC1[OH+][C-](CCc2ccc(O)c(OC[C@H](NCC)C3=C[C+]4C(=N3)CC3(CCCC3)[C@@H]3CCC[C@@H]3[C@@H]4[C@H](CNC)NC[C@H](C)O)c2)C=C1CO. The standard InChI is InChI=1S/C43H66N4O5/c1-5-7-13-40-30(26-48)21-31(52-40)16-14-29-15-17-39(50)41(20-29)51-27-38(45-6-2)35-22-33-36(47-35)23-43(18-8-9-19-43)34-12-10-11-32(34)42(33)37(25-44-4)46-24-28(3)49/h15,17,20-22,28,32,34,37-38,40,42,44-46,48-49,52H,5-14,16,18-19,23-27H2,1-4H3/p+1/t28-,32-,34+,37-,38-,40?,42-/m0/s1. The van der Waals surface area contributed by atoms with Crippen LogP contribution in [0.5, 0.6) is 11.5 Å². The van der Waals surface area contributed by atoms with Gasteiger partial charge in [-0.3, -0.25) is 5.32 Å². The number of fused-ring (bicyclic) bond motifs is 3. The van der Waals surface area contributed by atoms with E-state index >= 15 is 0 Å². The van der Waals surface area contributed by atoms with Gasteiger partial charge in [-0.2, -0.15) is 0 Å². The van der Waals surface area contributed by atoms with Gasteiger partial charge in [-0.05, 0) is 100 Å². The average molecular weight is 720 g/mol. The minimum Gasteiger partial charge on any atom is -0.504 e. The molecule has 7 atom stereocenters. The molecule has 5 aliphatic rings. The Balaban J connectivity index is 1.19. The van der Waals surface area contributed by atoms with Gasteiger partial charge in [0.2, 0.25) is 0 Å². The van der Waals surface area contributed by atoms with E-state index in [0.29, 0.717) is 36.2 Å². The summed E-state index contributed by atoms with van der Waals surface area (Å²) in [5, 5.41) is 41.9. The Morgan fingerprint density at radius 3 is 2.69 bits per heavy atom. The summed E-state index contributed by atoms with van der Waals surface area (Å²) in [6, 6.07) is 5.74. The van der Waals surface area contributed by atoms with Crippen LogP contribution >= 0.6 is 0 Å². The quantitative estimate of drug-likeness (QED) is 0.0799. The number of unbranched alkanes of at least 4 members (excludes halogenated alkanes) is 1. The highest BCUT2D eigenvalue weighted by atomic mass is 16.5. The van der Waals surface area contributed by atoms with E-state index in [1.54, 1.807) is 6.07 Å². The van der Waals surface area contributed by atoms with Crippen LogP contribution in [-0.2, 0) is 6.42 Å². The van der Waals surface area contributed by atoms with Gasteiger partial charge in [-0.25, -0.2) is 0 Å². The van der Waals surface area contributed by atoms with Crippen LogP contribution in [-0.4, -0.2) is 90.0 Å². The van der Waals surface area contributed by atoms with Crippen molar-refractivity contribution < 1.29 is 24.8 Å². The monoisotopic (exact) mass is 720 g/mol. The summed E-state index contributed by atoms with van der Waals surface area (Å²) in [4.78, 5) is 5.49. The summed E-state index contributed by atoms with van der Waals surface area (Å²) >= 11 is 0. The lowest BCUT2D eigenvalue weighted by molar-refractivity contribution is -0.0550. The molecule has 7 N–H and O–H groups in total. The van der Waals surface area contributed by atoms with Gasteiger partial charge >= 0.3 is 0 Å². The number of hydrogen-bond donors (Lipinski definition) is 6. The van der Waals surface area contributed by atoms with Crippen molar-refractivity contribution in [3.63, 3.8) is 0 Å². The van der Waals surface area contributed by atoms with Crippen molar-refractivity contribution in [3.05, 3.63) is 59.2 Å². The summed E-state index contributed by atoms with van der Waals surface area (Å²) in [5.41, 5.74) is 4.74. The van der Waals surface area contributed by atoms with Gasteiger partial charge in [0.05, 0.1) is 18.1 Å². The highest BCUT2D eigenvalue weighted by Gasteiger charge is 2.59. The number of aliphatic hydroxyl groups excluding tert-OH is 2. The van der Waals surface area contributed by atoms with Crippen LogP contribution in [0.15, 0.2) is 46.6 Å². The van der Waals surface area contributed by atoms with Crippen LogP contribution in [0.2, 0.25) is 0 Å². The van der Waals surface area contributed by atoms with Gasteiger partial charge in [0.15, 0.2) is 23.2 Å². The number of phenolic OH excluding ortho intramolecular Hbond substituents is 1. The number of aromatic hydroxyl groups is 1. The minimum absolute atomic E-state index is 0.0613. The van der Waals surface area contributed by atoms with Crippen molar-refractivity contribution in [2.45, 2.75) is 129 Å². The third-order valence-electron chi connectivity index (χ3n) is 12.8. The molecule has 52 heavy (non-hydrogen) atoms. The van der Waals surface area contributed by atoms with Crippen LogP contribution in [0.3, 0.4) is 0 Å². The van der Waals surface area contributed by atoms with E-state index in [-0.39, 0.29) is 30.5 Å². The number of phenols is 1. The topological polar surface area (TPSA) is 131 Å². The number of hydrogen-bond acceptors (Lipinski definition) is 8. The van der Waals surface area contributed by atoms with Gasteiger partial charge in [0, 0.05) is 38.6 Å². The summed E-state index contributed by atoms with van der Waals surface area (Å²) in [6.45, 7) is 8.78. The molecule has 3 saturated carbocycles. The summed E-state index contributed by atoms with van der Waals surface area (Å²) in [7, 11) is 2.04. The maximum atomic E-state index is 10.9. The van der Waals surface area contributed by atoms with Crippen molar-refractivity contribution in [1.82, 2.24) is 16.0 Å². The first kappa shape index (κ1) is 39.2. The Hall–Kier alpha value is -2.53. The van der Waals surface area contributed by atoms with Crippen LogP contribution in [0.4, 0.5) is 0 Å². The van der Waals surface area contributed by atoms with Crippen LogP contribution < -0.4 is 20.7 Å². The number of nitrogens with zero attached hydrogens (tertiary/aromatic N) is 1. The Bertz CT molecular complexity index is 1400. The lowest BCUT2D eigenvalue weighted by Crippen LogP contribution is -2.50. The molecule has 1 spiro atoms. The van der Waals surface area contributed by atoms with Crippen LogP contribution in [0.25, 0.3) is 0 Å². The third-order valence-corrected chi connectivity index (χ3v) is 12.8. The maximum Gasteiger partial charge on any atom is 0.196 e. The molecule has 288 valence electrons. The lowest BCUT2D eigenvalue weighted by atomic mass is 9.65. The number of rotatable bonds is 19. The molecule has 0 saturated heterocycles. The van der Waals surface area contributed by atoms with Gasteiger partial charge < -0.3 is 35.4 Å². The first-order chi connectivity index (χ1) is 25.3. The molecule has 1 aromatic carbocycles. The Morgan fingerprint density at radius 1 is 1.13 bits per heavy atom. The first-order valence-corrected chi connectivity index (χ1v) is 20.6. The average Bonchev–Trinajstić information content (AvgIpc) is 3.95. The number of ether oxygens (including phenoxy) is 2. The zero-order valence-corrected chi connectivity index (χ0v) is 32.3. The maximum absolute atomic E-state index is 10.9. The zero-order chi connectivity index (χ0) is 36.7. The molecule has 2 aliphatic heterocycles. The highest BCUT2D eigenvalue weighted by molar-refractivity contribution is 6.03. The summed E-state index contributed by atoms with van der Waals surface area (Å²) in [5.74, 6) is 3.68. The second kappa shape index (κ2) is 18.2. The van der Waals surface area contributed by atoms with Gasteiger partial charge in [0.25, 0.3) is 0 Å². The fourth-order valence-corrected chi connectivity index (χ4v) is 10.3. The van der Waals surface area contributed by atoms with Crippen molar-refractivity contribution in [1.29, 1.82) is 0 Å². The number of aliphatic hydroxyl groups is 4. The third kappa shape index (κ3) is 8.88. The fourth-order valence-electron chi connectivity index (χ4n) is 10.3. The molecule has 0 bridgehead atoms. The van der Waals surface area contributed by atoms with Crippen LogP contribution in [0.1, 0.15) is 103 Å². The van der Waals surface area contributed by atoms with E-state index in [4.69, 9.17) is 14.5 Å². The van der Waals surface area contributed by atoms with Gasteiger partial charge in [-0.1, -0.05) is 45.6 Å². The molecule has 1 unspecified atom stereocenters. The molecule has 3 aliphatic carbocycles. The van der Waals surface area contributed by atoms with Crippen molar-refractivity contribution in [3.8, 4) is 11.5 Å². The van der Waals surface area contributed by atoms with E-state index in [0.717, 1.165) is 80.5 Å². The minimum atomic E-state index is -0.404. The van der Waals surface area contributed by atoms with Crippen molar-refractivity contribution in [2.24, 2.45) is 28.2 Å². The number of allylic oxidation sites excluding steroid dienone is 1. The molecule has 6 rings (SSSR count). The molecule has 9 heteroatoms. The predicted octanol–water partition coefficient (Wildman–Crippen LogP) is 5.70. The van der Waals surface area contributed by atoms with E-state index in [2.05, 4.69) is 41.9 Å². The zero-order valence-electron chi connectivity index (χ0n) is 32.3. The Kier molecular flexibility index (Phi) is 13.7. The number of aryl methyl sites for hydroxylation is 1. The van der Waals surface area contributed by atoms with Crippen LogP contribution in [0, 0.1) is 35.2 Å². The smallest absolute Gasteiger partial charge is 0.196 e. The Labute approximate surface area is 313 Å². The number of likely N-dealkylation sites (N-methyl/N-ethyl adjacent to an activating group) is 2. The van der Waals surface area contributed by atoms with Crippen molar-refractivity contribution >= 4 is 5.71 Å². The molecule has 1 aromatic rings. The first-order valence-electron chi connectivity index (χ1n) is 20.6. The van der Waals surface area contributed by atoms with E-state index in [1.165, 1.54) is 56.6 Å². The van der Waals surface area contributed by atoms with E-state index < -0.39 is 6.10 Å². The van der Waals surface area contributed by atoms with E-state index in [1.807, 2.05) is 26.1 Å². The number of aliphatic imine (C=N–C) groups is 1. The normalized spacial score (nSPS) is 26.8. The second-order valence-corrected chi connectivity index (χ2v) is 16.4. The fraction of sp³-hybridized carbons (Fsp3) is 0.698. The lowest BCUT2D eigenvalue weighted by Gasteiger charge is -2.39. The number of nitrogens with one attached hydrogen (secondary N) is 3. The second-order valence-electron chi connectivity index (χ2n) is 16.4. The van der Waals surface area contributed by atoms with Crippen molar-refractivity contribution in [2.75, 3.05) is 39.9 Å². The molecular weight excluding hydrogens is 652 g/mol. The molecule has 2 heterocycles. The summed E-state index contributed by atoms with van der Waals surface area (Å²) in [6.07, 6.45) is 20.2. The summed E-state index contributed by atoms with van der Waals surface area (Å²) < 4.78 is 11.3. The number of benzene rings is 1. The highest BCUT2D eigenvalue weighted by Crippen LogP contribution is 2.61.